The van der Waals surface area contributed by atoms with Gasteiger partial charge in [-0.15, -0.1) is 0 Å². The zero-order valence-corrected chi connectivity index (χ0v) is 7.79. The van der Waals surface area contributed by atoms with Gasteiger partial charge >= 0.3 is 5.97 Å². The van der Waals surface area contributed by atoms with E-state index in [-0.39, 0.29) is 18.4 Å². The van der Waals surface area contributed by atoms with Gasteiger partial charge in [-0.1, -0.05) is 13.3 Å². The van der Waals surface area contributed by atoms with Gasteiger partial charge in [0.15, 0.2) is 0 Å². The number of carbonyl (C=O) groups is 1. The molecule has 3 heteroatoms. The smallest absolute Gasteiger partial charge is 0.303 e. The van der Waals surface area contributed by atoms with Gasteiger partial charge in [-0.2, -0.15) is 0 Å². The van der Waals surface area contributed by atoms with E-state index in [0.717, 1.165) is 12.8 Å². The van der Waals surface area contributed by atoms with Crippen LogP contribution in [-0.4, -0.2) is 22.3 Å². The van der Waals surface area contributed by atoms with Crippen LogP contribution in [0, 0.1) is 5.92 Å². The first kappa shape index (κ1) is 11.4. The van der Waals surface area contributed by atoms with Crippen LogP contribution < -0.4 is 0 Å². The molecule has 0 saturated heterocycles. The van der Waals surface area contributed by atoms with Gasteiger partial charge in [-0.05, 0) is 25.7 Å². The van der Waals surface area contributed by atoms with Crippen molar-refractivity contribution in [2.45, 2.75) is 45.6 Å². The number of hydrogen-bond donors (Lipinski definition) is 2. The third kappa shape index (κ3) is 6.16. The number of aliphatic hydroxyl groups is 1. The fourth-order valence-electron chi connectivity index (χ4n) is 1.17. The van der Waals surface area contributed by atoms with Crippen molar-refractivity contribution in [2.75, 3.05) is 0 Å². The fourth-order valence-corrected chi connectivity index (χ4v) is 1.17. The Bertz CT molecular complexity index is 132. The van der Waals surface area contributed by atoms with E-state index in [9.17, 15) is 4.79 Å². The summed E-state index contributed by atoms with van der Waals surface area (Å²) >= 11 is 0. The molecule has 0 unspecified atom stereocenters. The zero-order valence-electron chi connectivity index (χ0n) is 7.79. The van der Waals surface area contributed by atoms with Crippen LogP contribution in [0.1, 0.15) is 39.5 Å². The van der Waals surface area contributed by atoms with Gasteiger partial charge < -0.3 is 10.2 Å². The summed E-state index contributed by atoms with van der Waals surface area (Å²) in [4.78, 5) is 10.4. The van der Waals surface area contributed by atoms with E-state index < -0.39 is 5.97 Å². The average molecular weight is 174 g/mol. The molecule has 12 heavy (non-hydrogen) atoms. The molecule has 0 aliphatic heterocycles. The third-order valence-corrected chi connectivity index (χ3v) is 2.03. The summed E-state index contributed by atoms with van der Waals surface area (Å²) in [5.74, 6) is -0.524. The third-order valence-electron chi connectivity index (χ3n) is 2.03. The number of aliphatic hydroxyl groups excluding tert-OH is 1. The number of carboxylic acid groups (broad SMARTS) is 1. The van der Waals surface area contributed by atoms with Crippen LogP contribution in [0.2, 0.25) is 0 Å². The Morgan fingerprint density at radius 3 is 2.33 bits per heavy atom. The van der Waals surface area contributed by atoms with Gasteiger partial charge in [-0.25, -0.2) is 0 Å². The highest BCUT2D eigenvalue weighted by atomic mass is 16.4. The van der Waals surface area contributed by atoms with Crippen molar-refractivity contribution in [1.82, 2.24) is 0 Å². The average Bonchev–Trinajstić information content (AvgIpc) is 1.97. The molecular formula is C9H18O3. The Labute approximate surface area is 73.4 Å². The molecule has 0 heterocycles. The monoisotopic (exact) mass is 174 g/mol. The maximum absolute atomic E-state index is 10.4. The van der Waals surface area contributed by atoms with Crippen molar-refractivity contribution in [2.24, 2.45) is 5.92 Å². The Morgan fingerprint density at radius 2 is 2.00 bits per heavy atom. The molecule has 0 saturated carbocycles. The molecule has 0 fully saturated rings. The highest BCUT2D eigenvalue weighted by molar-refractivity contribution is 5.66. The normalized spacial score (nSPS) is 15.6. The molecule has 0 rings (SSSR count). The van der Waals surface area contributed by atoms with Crippen LogP contribution in [0.15, 0.2) is 0 Å². The number of carboxylic acids is 1. The topological polar surface area (TPSA) is 57.5 Å². The summed E-state index contributed by atoms with van der Waals surface area (Å²) in [5.41, 5.74) is 0. The van der Waals surface area contributed by atoms with Gasteiger partial charge in [-0.3, -0.25) is 4.79 Å². The maximum atomic E-state index is 10.4. The van der Waals surface area contributed by atoms with Crippen LogP contribution in [0.5, 0.6) is 0 Å². The molecule has 0 spiro atoms. The first-order chi connectivity index (χ1) is 5.56. The second kappa shape index (κ2) is 6.00. The standard InChI is InChI=1S/C9H18O3/c1-3-8(6-9(11)12)5-4-7(2)10/h7-8,10H,3-6H2,1-2H3,(H,11,12)/t7-,8+/m0/s1. The molecule has 0 aliphatic carbocycles. The van der Waals surface area contributed by atoms with Crippen LogP contribution in [0.3, 0.4) is 0 Å². The SMILES string of the molecule is CC[C@H](CC[C@H](C)O)CC(=O)O. The molecule has 0 amide bonds. The number of rotatable bonds is 6. The van der Waals surface area contributed by atoms with Gasteiger partial charge in [0.05, 0.1) is 6.10 Å². The second-order valence-electron chi connectivity index (χ2n) is 3.30. The van der Waals surface area contributed by atoms with Crippen LogP contribution in [0.25, 0.3) is 0 Å². The van der Waals surface area contributed by atoms with Crippen LogP contribution >= 0.6 is 0 Å². The molecule has 0 radical (unpaired) electrons. The van der Waals surface area contributed by atoms with Crippen molar-refractivity contribution in [3.8, 4) is 0 Å². The minimum atomic E-state index is -0.743. The van der Waals surface area contributed by atoms with E-state index in [0.29, 0.717) is 6.42 Å². The lowest BCUT2D eigenvalue weighted by Crippen LogP contribution is -2.10. The summed E-state index contributed by atoms with van der Waals surface area (Å²) in [7, 11) is 0. The molecule has 0 aromatic rings. The molecule has 3 nitrogen and oxygen atoms in total. The molecule has 0 bridgehead atoms. The summed E-state index contributed by atoms with van der Waals surface area (Å²) < 4.78 is 0. The van der Waals surface area contributed by atoms with Crippen molar-refractivity contribution in [3.05, 3.63) is 0 Å². The predicted molar refractivity (Wildman–Crippen MR) is 46.9 cm³/mol. The molecule has 0 aromatic heterocycles. The molecule has 2 atom stereocenters. The van der Waals surface area contributed by atoms with Crippen LogP contribution in [-0.2, 0) is 4.79 Å². The van der Waals surface area contributed by atoms with Crippen molar-refractivity contribution >= 4 is 5.97 Å². The lowest BCUT2D eigenvalue weighted by molar-refractivity contribution is -0.138. The van der Waals surface area contributed by atoms with E-state index in [2.05, 4.69) is 0 Å². The summed E-state index contributed by atoms with van der Waals surface area (Å²) in [6, 6.07) is 0. The Morgan fingerprint density at radius 1 is 1.42 bits per heavy atom. The van der Waals surface area contributed by atoms with Crippen molar-refractivity contribution in [1.29, 1.82) is 0 Å². The highest BCUT2D eigenvalue weighted by Crippen LogP contribution is 2.16. The van der Waals surface area contributed by atoms with Gasteiger partial charge in [0.1, 0.15) is 0 Å². The lowest BCUT2D eigenvalue weighted by atomic mass is 9.95. The largest absolute Gasteiger partial charge is 0.481 e. The minimum Gasteiger partial charge on any atom is -0.481 e. The maximum Gasteiger partial charge on any atom is 0.303 e. The zero-order chi connectivity index (χ0) is 9.56. The van der Waals surface area contributed by atoms with Crippen LogP contribution in [0.4, 0.5) is 0 Å². The Balaban J connectivity index is 3.60. The van der Waals surface area contributed by atoms with Gasteiger partial charge in [0, 0.05) is 6.42 Å². The first-order valence-electron chi connectivity index (χ1n) is 4.46. The van der Waals surface area contributed by atoms with Crippen molar-refractivity contribution in [3.63, 3.8) is 0 Å². The van der Waals surface area contributed by atoms with E-state index in [4.69, 9.17) is 10.2 Å². The second-order valence-corrected chi connectivity index (χ2v) is 3.30. The predicted octanol–water partition coefficient (Wildman–Crippen LogP) is 1.65. The van der Waals surface area contributed by atoms with E-state index in [1.165, 1.54) is 0 Å². The minimum absolute atomic E-state index is 0.220. The first-order valence-corrected chi connectivity index (χ1v) is 4.46. The molecule has 72 valence electrons. The number of aliphatic carboxylic acids is 1. The summed E-state index contributed by atoms with van der Waals surface area (Å²) in [6.45, 7) is 3.71. The number of hydrogen-bond acceptors (Lipinski definition) is 2. The van der Waals surface area contributed by atoms with E-state index in [1.54, 1.807) is 6.92 Å². The molecular weight excluding hydrogens is 156 g/mol. The molecule has 2 N–H and O–H groups in total. The molecule has 0 aliphatic rings. The quantitative estimate of drug-likeness (QED) is 0.643. The highest BCUT2D eigenvalue weighted by Gasteiger charge is 2.11. The Kier molecular flexibility index (Phi) is 5.72. The van der Waals surface area contributed by atoms with Gasteiger partial charge in [0.25, 0.3) is 0 Å². The van der Waals surface area contributed by atoms with Gasteiger partial charge in [0.2, 0.25) is 0 Å². The lowest BCUT2D eigenvalue weighted by Gasteiger charge is -2.12. The van der Waals surface area contributed by atoms with E-state index >= 15 is 0 Å². The fraction of sp³-hybridized carbons (Fsp3) is 0.889. The molecule has 0 aromatic carbocycles. The Hall–Kier alpha value is -0.570. The van der Waals surface area contributed by atoms with E-state index in [1.807, 2.05) is 6.92 Å². The van der Waals surface area contributed by atoms with Crippen molar-refractivity contribution < 1.29 is 15.0 Å². The summed E-state index contributed by atoms with van der Waals surface area (Å²) in [5, 5.41) is 17.5. The summed E-state index contributed by atoms with van der Waals surface area (Å²) in [6.07, 6.45) is 2.29.